The lowest BCUT2D eigenvalue weighted by Gasteiger charge is -2.06. The van der Waals surface area contributed by atoms with Crippen LogP contribution in [-0.4, -0.2) is 20.9 Å². The van der Waals surface area contributed by atoms with E-state index in [0.717, 1.165) is 24.1 Å². The Morgan fingerprint density at radius 1 is 1.16 bits per heavy atom. The Bertz CT molecular complexity index is 919. The van der Waals surface area contributed by atoms with Gasteiger partial charge in [-0.3, -0.25) is 4.79 Å². The molecule has 0 unspecified atom stereocenters. The second-order valence-corrected chi connectivity index (χ2v) is 5.54. The molecule has 25 heavy (non-hydrogen) atoms. The summed E-state index contributed by atoms with van der Waals surface area (Å²) in [6.45, 7) is 3.64. The van der Waals surface area contributed by atoms with Crippen LogP contribution in [0.15, 0.2) is 42.5 Å². The van der Waals surface area contributed by atoms with E-state index in [-0.39, 0.29) is 11.4 Å². The van der Waals surface area contributed by atoms with Gasteiger partial charge in [-0.05, 0) is 43.2 Å². The number of nitrogens with zero attached hydrogens (tertiary/aromatic N) is 3. The minimum absolute atomic E-state index is 0.0257. The van der Waals surface area contributed by atoms with Crippen LogP contribution < -0.4 is 5.32 Å². The topological polar surface area (TPSA) is 59.8 Å². The van der Waals surface area contributed by atoms with Crippen molar-refractivity contribution in [2.24, 2.45) is 0 Å². The zero-order valence-corrected chi connectivity index (χ0v) is 13.8. The monoisotopic (exact) mass is 342 g/mol. The Morgan fingerprint density at radius 2 is 1.88 bits per heavy atom. The molecule has 1 N–H and O–H groups in total. The molecule has 0 saturated carbocycles. The van der Waals surface area contributed by atoms with Gasteiger partial charge in [-0.2, -0.15) is 0 Å². The van der Waals surface area contributed by atoms with E-state index < -0.39 is 17.5 Å². The van der Waals surface area contributed by atoms with E-state index in [9.17, 15) is 13.6 Å². The molecule has 5 nitrogen and oxygen atoms in total. The van der Waals surface area contributed by atoms with Gasteiger partial charge in [0.2, 0.25) is 0 Å². The van der Waals surface area contributed by atoms with Crippen molar-refractivity contribution in [2.45, 2.75) is 20.3 Å². The zero-order chi connectivity index (χ0) is 18.0. The molecule has 0 aliphatic carbocycles. The van der Waals surface area contributed by atoms with Gasteiger partial charge in [0.1, 0.15) is 11.5 Å². The average Bonchev–Trinajstić information content (AvgIpc) is 2.97. The van der Waals surface area contributed by atoms with E-state index >= 15 is 0 Å². The van der Waals surface area contributed by atoms with Crippen molar-refractivity contribution in [3.8, 4) is 5.69 Å². The number of carbonyl (C=O) groups excluding carboxylic acids is 1. The molecule has 0 fully saturated rings. The first-order valence-corrected chi connectivity index (χ1v) is 7.77. The fourth-order valence-electron chi connectivity index (χ4n) is 2.43. The molecule has 3 aromatic rings. The molecule has 7 heteroatoms. The highest BCUT2D eigenvalue weighted by molar-refractivity contribution is 6.03. The van der Waals surface area contributed by atoms with Crippen molar-refractivity contribution < 1.29 is 13.6 Å². The molecule has 0 aliphatic rings. The van der Waals surface area contributed by atoms with Gasteiger partial charge in [0.15, 0.2) is 11.5 Å². The standard InChI is InChI=1S/C18H16F2N4O/c1-3-12-4-7-14(8-5-12)21-18(25)17-11(2)24(23-22-17)16-9-6-13(19)10-15(16)20/h4-10H,3H2,1-2H3,(H,21,25). The second kappa shape index (κ2) is 6.80. The number of carbonyl (C=O) groups is 1. The normalized spacial score (nSPS) is 10.7. The smallest absolute Gasteiger partial charge is 0.278 e. The van der Waals surface area contributed by atoms with Crippen molar-refractivity contribution in [3.63, 3.8) is 0 Å². The Labute approximate surface area is 143 Å². The van der Waals surface area contributed by atoms with E-state index in [0.29, 0.717) is 11.4 Å². The van der Waals surface area contributed by atoms with Gasteiger partial charge in [0.25, 0.3) is 5.91 Å². The molecule has 0 atom stereocenters. The molecule has 0 spiro atoms. The summed E-state index contributed by atoms with van der Waals surface area (Å²) in [7, 11) is 0. The van der Waals surface area contributed by atoms with Crippen LogP contribution in [0.4, 0.5) is 14.5 Å². The first-order valence-electron chi connectivity index (χ1n) is 7.77. The number of amides is 1. The summed E-state index contributed by atoms with van der Waals surface area (Å²) < 4.78 is 28.1. The lowest BCUT2D eigenvalue weighted by atomic mass is 10.1. The van der Waals surface area contributed by atoms with Crippen molar-refractivity contribution >= 4 is 11.6 Å². The molecule has 2 aromatic carbocycles. The van der Waals surface area contributed by atoms with Gasteiger partial charge in [0.05, 0.1) is 5.69 Å². The molecular weight excluding hydrogens is 326 g/mol. The van der Waals surface area contributed by atoms with Crippen LogP contribution in [-0.2, 0) is 6.42 Å². The number of rotatable bonds is 4. The number of hydrogen-bond donors (Lipinski definition) is 1. The quantitative estimate of drug-likeness (QED) is 0.787. The molecule has 0 aliphatic heterocycles. The number of anilines is 1. The van der Waals surface area contributed by atoms with E-state index in [2.05, 4.69) is 15.6 Å². The summed E-state index contributed by atoms with van der Waals surface area (Å²) in [5.74, 6) is -1.92. The van der Waals surface area contributed by atoms with E-state index in [1.165, 1.54) is 10.7 Å². The van der Waals surface area contributed by atoms with E-state index in [1.807, 2.05) is 19.1 Å². The van der Waals surface area contributed by atoms with Crippen molar-refractivity contribution in [3.05, 3.63) is 71.1 Å². The Morgan fingerprint density at radius 3 is 2.52 bits per heavy atom. The molecule has 0 bridgehead atoms. The molecule has 0 radical (unpaired) electrons. The van der Waals surface area contributed by atoms with Crippen molar-refractivity contribution in [1.82, 2.24) is 15.0 Å². The lowest BCUT2D eigenvalue weighted by molar-refractivity contribution is 0.102. The minimum atomic E-state index is -0.782. The molecule has 128 valence electrons. The highest BCUT2D eigenvalue weighted by atomic mass is 19.1. The highest BCUT2D eigenvalue weighted by Crippen LogP contribution is 2.18. The molecule has 3 rings (SSSR count). The molecule has 1 heterocycles. The van der Waals surface area contributed by atoms with Gasteiger partial charge >= 0.3 is 0 Å². The van der Waals surface area contributed by atoms with Crippen LogP contribution in [0.25, 0.3) is 5.69 Å². The fourth-order valence-corrected chi connectivity index (χ4v) is 2.43. The van der Waals surface area contributed by atoms with Crippen LogP contribution in [0.2, 0.25) is 0 Å². The Kier molecular flexibility index (Phi) is 4.56. The predicted octanol–water partition coefficient (Wildman–Crippen LogP) is 3.67. The summed E-state index contributed by atoms with van der Waals surface area (Å²) in [4.78, 5) is 12.4. The highest BCUT2D eigenvalue weighted by Gasteiger charge is 2.19. The minimum Gasteiger partial charge on any atom is -0.321 e. The Balaban J connectivity index is 1.85. The second-order valence-electron chi connectivity index (χ2n) is 5.54. The lowest BCUT2D eigenvalue weighted by Crippen LogP contribution is -2.14. The summed E-state index contributed by atoms with van der Waals surface area (Å²) in [5.41, 5.74) is 2.24. The summed E-state index contributed by atoms with van der Waals surface area (Å²) >= 11 is 0. The van der Waals surface area contributed by atoms with Crippen LogP contribution in [0.5, 0.6) is 0 Å². The number of benzene rings is 2. The van der Waals surface area contributed by atoms with E-state index in [4.69, 9.17) is 0 Å². The third kappa shape index (κ3) is 3.40. The van der Waals surface area contributed by atoms with Crippen LogP contribution in [0, 0.1) is 18.6 Å². The van der Waals surface area contributed by atoms with Gasteiger partial charge in [0, 0.05) is 11.8 Å². The van der Waals surface area contributed by atoms with Crippen LogP contribution in [0.3, 0.4) is 0 Å². The maximum atomic E-state index is 13.9. The Hall–Kier alpha value is -3.09. The molecular formula is C18H16F2N4O. The number of nitrogens with one attached hydrogen (secondary N) is 1. The first kappa shape index (κ1) is 16.8. The number of hydrogen-bond acceptors (Lipinski definition) is 3. The predicted molar refractivity (Wildman–Crippen MR) is 89.8 cm³/mol. The first-order chi connectivity index (χ1) is 12.0. The van der Waals surface area contributed by atoms with Crippen molar-refractivity contribution in [2.75, 3.05) is 5.32 Å². The van der Waals surface area contributed by atoms with Crippen LogP contribution in [0.1, 0.15) is 28.7 Å². The average molecular weight is 342 g/mol. The maximum Gasteiger partial charge on any atom is 0.278 e. The molecule has 1 amide bonds. The van der Waals surface area contributed by atoms with Gasteiger partial charge in [-0.25, -0.2) is 13.5 Å². The third-order valence-corrected chi connectivity index (χ3v) is 3.87. The van der Waals surface area contributed by atoms with Gasteiger partial charge in [-0.1, -0.05) is 24.3 Å². The number of aromatic nitrogens is 3. The van der Waals surface area contributed by atoms with Crippen LogP contribution >= 0.6 is 0 Å². The SMILES string of the molecule is CCc1ccc(NC(=O)c2nnn(-c3ccc(F)cc3F)c2C)cc1. The molecule has 0 saturated heterocycles. The van der Waals surface area contributed by atoms with Gasteiger partial charge < -0.3 is 5.32 Å². The number of halogens is 2. The maximum absolute atomic E-state index is 13.9. The molecule has 1 aromatic heterocycles. The summed E-state index contributed by atoms with van der Waals surface area (Å²) in [5, 5.41) is 10.4. The zero-order valence-electron chi connectivity index (χ0n) is 13.8. The number of aryl methyl sites for hydroxylation is 1. The summed E-state index contributed by atoms with van der Waals surface area (Å²) in [6.07, 6.45) is 0.908. The third-order valence-electron chi connectivity index (χ3n) is 3.87. The summed E-state index contributed by atoms with van der Waals surface area (Å²) in [6, 6.07) is 10.6. The fraction of sp³-hybridized carbons (Fsp3) is 0.167. The van der Waals surface area contributed by atoms with Gasteiger partial charge in [-0.15, -0.1) is 5.10 Å². The van der Waals surface area contributed by atoms with Crippen molar-refractivity contribution in [1.29, 1.82) is 0 Å². The van der Waals surface area contributed by atoms with E-state index in [1.54, 1.807) is 19.1 Å². The largest absolute Gasteiger partial charge is 0.321 e.